The smallest absolute Gasteiger partial charge is 0.407 e. The van der Waals surface area contributed by atoms with E-state index in [4.69, 9.17) is 9.84 Å². The van der Waals surface area contributed by atoms with Gasteiger partial charge in [0.2, 0.25) is 11.8 Å². The Balaban J connectivity index is 1.36. The molecule has 1 aliphatic heterocycles. The van der Waals surface area contributed by atoms with Crippen molar-refractivity contribution in [2.24, 2.45) is 5.92 Å². The Bertz CT molecular complexity index is 1090. The summed E-state index contributed by atoms with van der Waals surface area (Å²) >= 11 is 0. The van der Waals surface area contributed by atoms with Crippen molar-refractivity contribution in [3.05, 3.63) is 59.7 Å². The summed E-state index contributed by atoms with van der Waals surface area (Å²) in [6.45, 7) is 0.896. The van der Waals surface area contributed by atoms with Crippen LogP contribution < -0.4 is 10.6 Å². The van der Waals surface area contributed by atoms with Gasteiger partial charge in [-0.25, -0.2) is 4.79 Å². The Morgan fingerprint density at radius 2 is 1.71 bits per heavy atom. The van der Waals surface area contributed by atoms with Crippen LogP contribution in [-0.2, 0) is 19.1 Å². The van der Waals surface area contributed by atoms with Crippen molar-refractivity contribution < 1.29 is 29.0 Å². The topological polar surface area (TPSA) is 125 Å². The minimum Gasteiger partial charge on any atom is -0.481 e. The van der Waals surface area contributed by atoms with E-state index in [2.05, 4.69) is 10.6 Å². The zero-order chi connectivity index (χ0) is 24.9. The van der Waals surface area contributed by atoms with Gasteiger partial charge >= 0.3 is 12.1 Å². The highest BCUT2D eigenvalue weighted by atomic mass is 16.5. The molecular formula is C26H29N3O6. The number of hydrogen-bond donors (Lipinski definition) is 3. The molecule has 2 atom stereocenters. The van der Waals surface area contributed by atoms with Crippen molar-refractivity contribution in [1.29, 1.82) is 0 Å². The quantitative estimate of drug-likeness (QED) is 0.507. The summed E-state index contributed by atoms with van der Waals surface area (Å²) in [4.78, 5) is 49.7. The predicted octanol–water partition coefficient (Wildman–Crippen LogP) is 2.35. The van der Waals surface area contributed by atoms with Crippen LogP contribution in [0.1, 0.15) is 36.3 Å². The molecule has 0 spiro atoms. The second-order valence-electron chi connectivity index (χ2n) is 9.04. The number of likely N-dealkylation sites (tertiary alicyclic amines) is 1. The number of hydrogen-bond acceptors (Lipinski definition) is 5. The summed E-state index contributed by atoms with van der Waals surface area (Å²) in [7, 11) is 1.71. The number of carboxylic acid groups (broad SMARTS) is 1. The van der Waals surface area contributed by atoms with E-state index in [0.717, 1.165) is 22.3 Å². The number of fused-ring (bicyclic) bond motifs is 3. The fourth-order valence-corrected chi connectivity index (χ4v) is 4.78. The van der Waals surface area contributed by atoms with Crippen molar-refractivity contribution >= 4 is 23.9 Å². The molecule has 4 rings (SSSR count). The lowest BCUT2D eigenvalue weighted by Gasteiger charge is -2.20. The summed E-state index contributed by atoms with van der Waals surface area (Å²) in [5, 5.41) is 14.3. The van der Waals surface area contributed by atoms with Crippen molar-refractivity contribution in [3.63, 3.8) is 0 Å². The number of carbonyl (C=O) groups excluding carboxylic acids is 3. The molecule has 35 heavy (non-hydrogen) atoms. The van der Waals surface area contributed by atoms with E-state index in [0.29, 0.717) is 13.0 Å². The van der Waals surface area contributed by atoms with Crippen LogP contribution in [0.5, 0.6) is 0 Å². The first-order valence-electron chi connectivity index (χ1n) is 11.7. The summed E-state index contributed by atoms with van der Waals surface area (Å²) in [6, 6.07) is 14.9. The van der Waals surface area contributed by atoms with E-state index in [1.165, 1.54) is 0 Å². The normalized spacial score (nSPS) is 17.5. The molecule has 3 N–H and O–H groups in total. The molecule has 1 saturated heterocycles. The van der Waals surface area contributed by atoms with Crippen LogP contribution in [0.3, 0.4) is 0 Å². The third-order valence-corrected chi connectivity index (χ3v) is 6.59. The van der Waals surface area contributed by atoms with Crippen LogP contribution in [0.25, 0.3) is 11.1 Å². The number of nitrogens with one attached hydrogen (secondary N) is 2. The lowest BCUT2D eigenvalue weighted by molar-refractivity contribution is -0.137. The molecule has 9 heteroatoms. The van der Waals surface area contributed by atoms with Crippen LogP contribution in [0.15, 0.2) is 48.5 Å². The van der Waals surface area contributed by atoms with Gasteiger partial charge < -0.3 is 25.4 Å². The number of benzene rings is 2. The first-order valence-corrected chi connectivity index (χ1v) is 11.7. The van der Waals surface area contributed by atoms with Gasteiger partial charge in [0.15, 0.2) is 0 Å². The number of nitrogens with zero attached hydrogens (tertiary/aromatic N) is 1. The van der Waals surface area contributed by atoms with Gasteiger partial charge in [-0.05, 0) is 28.7 Å². The second kappa shape index (κ2) is 10.6. The number of aliphatic carboxylic acids is 1. The Labute approximate surface area is 203 Å². The summed E-state index contributed by atoms with van der Waals surface area (Å²) < 4.78 is 5.50. The highest BCUT2D eigenvalue weighted by molar-refractivity contribution is 5.86. The SMILES string of the molecule is CN1CC(CNC(=O)C(CCC(=O)O)NC(=O)OCC2c3ccccc3-c3ccccc32)CC1=O. The average molecular weight is 480 g/mol. The van der Waals surface area contributed by atoms with Crippen molar-refractivity contribution in [2.45, 2.75) is 31.2 Å². The molecule has 0 aromatic heterocycles. The average Bonchev–Trinajstić information content (AvgIpc) is 3.34. The third-order valence-electron chi connectivity index (χ3n) is 6.59. The second-order valence-corrected chi connectivity index (χ2v) is 9.04. The molecule has 0 saturated carbocycles. The molecule has 0 bridgehead atoms. The largest absolute Gasteiger partial charge is 0.481 e. The zero-order valence-corrected chi connectivity index (χ0v) is 19.5. The Morgan fingerprint density at radius 3 is 2.29 bits per heavy atom. The molecule has 2 aliphatic rings. The maximum Gasteiger partial charge on any atom is 0.407 e. The number of amides is 3. The van der Waals surface area contributed by atoms with Gasteiger partial charge in [0.1, 0.15) is 12.6 Å². The molecule has 184 valence electrons. The fraction of sp³-hybridized carbons (Fsp3) is 0.385. The van der Waals surface area contributed by atoms with Crippen LogP contribution in [0.4, 0.5) is 4.79 Å². The highest BCUT2D eigenvalue weighted by Gasteiger charge is 2.31. The first kappa shape index (κ1) is 24.3. The van der Waals surface area contributed by atoms with Crippen molar-refractivity contribution in [2.75, 3.05) is 26.7 Å². The standard InChI is InChI=1S/C26H29N3O6/c1-29-14-16(12-23(29)30)13-27-25(33)22(10-11-24(31)32)28-26(34)35-15-21-19-8-4-2-6-17(19)18-7-3-5-9-20(18)21/h2-9,16,21-22H,10-15H2,1H3,(H,27,33)(H,28,34)(H,31,32). The van der Waals surface area contributed by atoms with Gasteiger partial charge in [0.05, 0.1) is 0 Å². The summed E-state index contributed by atoms with van der Waals surface area (Å²) in [5.74, 6) is -1.70. The van der Waals surface area contributed by atoms with Crippen molar-refractivity contribution in [3.8, 4) is 11.1 Å². The molecular weight excluding hydrogens is 450 g/mol. The highest BCUT2D eigenvalue weighted by Crippen LogP contribution is 2.44. The number of carboxylic acids is 1. The Morgan fingerprint density at radius 1 is 1.09 bits per heavy atom. The summed E-state index contributed by atoms with van der Waals surface area (Å²) in [5.41, 5.74) is 4.34. The zero-order valence-electron chi connectivity index (χ0n) is 19.5. The van der Waals surface area contributed by atoms with Crippen LogP contribution in [0, 0.1) is 5.92 Å². The molecule has 1 fully saturated rings. The minimum atomic E-state index is -1.07. The van der Waals surface area contributed by atoms with Gasteiger partial charge in [-0.2, -0.15) is 0 Å². The fourth-order valence-electron chi connectivity index (χ4n) is 4.78. The lowest BCUT2D eigenvalue weighted by atomic mass is 9.98. The first-order chi connectivity index (χ1) is 16.8. The monoisotopic (exact) mass is 479 g/mol. The molecule has 9 nitrogen and oxygen atoms in total. The Hall–Kier alpha value is -3.88. The Kier molecular flexibility index (Phi) is 7.33. The van der Waals surface area contributed by atoms with Crippen LogP contribution >= 0.6 is 0 Å². The number of alkyl carbamates (subject to hydrolysis) is 1. The van der Waals surface area contributed by atoms with Gasteiger partial charge in [-0.1, -0.05) is 48.5 Å². The summed E-state index contributed by atoms with van der Waals surface area (Å²) in [6.07, 6.45) is -0.800. The molecule has 1 aliphatic carbocycles. The van der Waals surface area contributed by atoms with E-state index in [1.54, 1.807) is 11.9 Å². The molecule has 2 aromatic carbocycles. The van der Waals surface area contributed by atoms with Crippen LogP contribution in [-0.4, -0.2) is 66.7 Å². The minimum absolute atomic E-state index is 0.0171. The number of carbonyl (C=O) groups is 4. The van der Waals surface area contributed by atoms with Gasteiger partial charge in [-0.15, -0.1) is 0 Å². The molecule has 3 amide bonds. The lowest BCUT2D eigenvalue weighted by Crippen LogP contribution is -2.48. The van der Waals surface area contributed by atoms with E-state index in [1.807, 2.05) is 48.5 Å². The number of ether oxygens (including phenoxy) is 1. The van der Waals surface area contributed by atoms with Crippen molar-refractivity contribution in [1.82, 2.24) is 15.5 Å². The van der Waals surface area contributed by atoms with E-state index in [9.17, 15) is 19.2 Å². The van der Waals surface area contributed by atoms with E-state index >= 15 is 0 Å². The van der Waals surface area contributed by atoms with E-state index < -0.39 is 24.0 Å². The molecule has 2 unspecified atom stereocenters. The van der Waals surface area contributed by atoms with E-state index in [-0.39, 0.29) is 43.7 Å². The third kappa shape index (κ3) is 5.62. The maximum atomic E-state index is 12.7. The van der Waals surface area contributed by atoms with Crippen LogP contribution in [0.2, 0.25) is 0 Å². The molecule has 1 heterocycles. The van der Waals surface area contributed by atoms with Gasteiger partial charge in [-0.3, -0.25) is 14.4 Å². The predicted molar refractivity (Wildman–Crippen MR) is 128 cm³/mol. The molecule has 2 aromatic rings. The number of rotatable bonds is 9. The van der Waals surface area contributed by atoms with Gasteiger partial charge in [0, 0.05) is 44.8 Å². The van der Waals surface area contributed by atoms with Gasteiger partial charge in [0.25, 0.3) is 0 Å². The maximum absolute atomic E-state index is 12.7. The molecule has 0 radical (unpaired) electrons.